The number of carbonyl (C=O) groups is 4. The fraction of sp³-hybridized carbons (Fsp3) is 0.462. The molecule has 2 aliphatic heterocycles. The largest absolute Gasteiger partial charge is 0.381 e. The van der Waals surface area contributed by atoms with Gasteiger partial charge in [-0.15, -0.1) is 11.3 Å². The second kappa shape index (κ2) is 23.3. The number of amides is 4. The van der Waals surface area contributed by atoms with Gasteiger partial charge in [-0.25, -0.2) is 26.6 Å². The first-order valence-electron chi connectivity index (χ1n) is 24.9. The molecular weight excluding hydrogens is 978 g/mol. The number of hydrogen-bond donors (Lipinski definition) is 4. The molecule has 2 fully saturated rings. The number of benzene rings is 3. The average Bonchev–Trinajstić information content (AvgIpc) is 4.06. The van der Waals surface area contributed by atoms with Crippen molar-refractivity contribution in [3.8, 4) is 11.3 Å². The second-order valence-corrected chi connectivity index (χ2v) is 22.4. The van der Waals surface area contributed by atoms with Gasteiger partial charge in [-0.1, -0.05) is 30.3 Å². The van der Waals surface area contributed by atoms with E-state index in [0.29, 0.717) is 92.0 Å². The number of morpholine rings is 1. The predicted octanol–water partition coefficient (Wildman–Crippen LogP) is 6.27. The minimum absolute atomic E-state index is 0.0187. The molecule has 390 valence electrons. The SMILES string of the molecule is CC(C)S(=O)(=O)n1cc(C(=O)N[C@@H](CCCCNCCCOCCCc2cccc3c2n(C)c(=O)n3C2CCC(=O)NC2=O)C(=O)Nc2nc(-c3cc(F)cc(N4C[C@@H](C)O[C@@H](C)C4)c3)cs2)c2ccccc21. The van der Waals surface area contributed by atoms with Crippen molar-refractivity contribution >= 4 is 77.7 Å². The summed E-state index contributed by atoms with van der Waals surface area (Å²) in [5.74, 6) is -2.31. The summed E-state index contributed by atoms with van der Waals surface area (Å²) in [6.07, 6.45) is 5.41. The van der Waals surface area contributed by atoms with Gasteiger partial charge < -0.3 is 30.3 Å². The first-order valence-corrected chi connectivity index (χ1v) is 27.3. The number of halogens is 1. The highest BCUT2D eigenvalue weighted by Crippen LogP contribution is 2.32. The first kappa shape index (κ1) is 53.0. The summed E-state index contributed by atoms with van der Waals surface area (Å²) in [6, 6.07) is 15.4. The predicted molar refractivity (Wildman–Crippen MR) is 280 cm³/mol. The molecule has 0 aliphatic carbocycles. The highest BCUT2D eigenvalue weighted by molar-refractivity contribution is 7.90. The number of aromatic nitrogens is 4. The second-order valence-electron chi connectivity index (χ2n) is 19.1. The van der Waals surface area contributed by atoms with Crippen molar-refractivity contribution in [2.45, 2.75) is 109 Å². The van der Waals surface area contributed by atoms with Gasteiger partial charge >= 0.3 is 5.69 Å². The van der Waals surface area contributed by atoms with E-state index in [1.807, 2.05) is 38.1 Å². The van der Waals surface area contributed by atoms with Crippen molar-refractivity contribution in [1.82, 2.24) is 34.0 Å². The summed E-state index contributed by atoms with van der Waals surface area (Å²) in [6.45, 7) is 10.7. The Bertz CT molecular complexity index is 3150. The third kappa shape index (κ3) is 12.2. The summed E-state index contributed by atoms with van der Waals surface area (Å²) < 4.78 is 57.7. The molecule has 6 aromatic rings. The zero-order chi connectivity index (χ0) is 52.0. The van der Waals surface area contributed by atoms with Crippen molar-refractivity contribution in [2.24, 2.45) is 7.05 Å². The van der Waals surface area contributed by atoms with E-state index in [0.717, 1.165) is 27.9 Å². The van der Waals surface area contributed by atoms with Gasteiger partial charge in [0.1, 0.15) is 17.9 Å². The highest BCUT2D eigenvalue weighted by Gasteiger charge is 2.32. The lowest BCUT2D eigenvalue weighted by molar-refractivity contribution is -0.135. The van der Waals surface area contributed by atoms with E-state index < -0.39 is 50.9 Å². The van der Waals surface area contributed by atoms with Crippen molar-refractivity contribution in [1.29, 1.82) is 0 Å². The number of imide groups is 1. The van der Waals surface area contributed by atoms with E-state index in [-0.39, 0.29) is 53.8 Å². The number of rotatable bonds is 22. The van der Waals surface area contributed by atoms with Gasteiger partial charge in [-0.3, -0.25) is 33.6 Å². The number of para-hydroxylation sites is 2. The first-order chi connectivity index (χ1) is 35.0. The molecule has 2 aliphatic rings. The van der Waals surface area contributed by atoms with Crippen LogP contribution in [-0.4, -0.2) is 113 Å². The maximum Gasteiger partial charge on any atom is 0.329 e. The number of nitrogens with one attached hydrogen (secondary N) is 4. The lowest BCUT2D eigenvalue weighted by Gasteiger charge is -2.37. The van der Waals surface area contributed by atoms with Crippen LogP contribution in [0.15, 0.2) is 77.0 Å². The Hall–Kier alpha value is -6.26. The lowest BCUT2D eigenvalue weighted by atomic mass is 10.0. The molecule has 0 saturated carbocycles. The summed E-state index contributed by atoms with van der Waals surface area (Å²) in [4.78, 5) is 72.5. The maximum absolute atomic E-state index is 15.0. The molecule has 3 aromatic heterocycles. The van der Waals surface area contributed by atoms with Crippen LogP contribution in [0.2, 0.25) is 0 Å². The van der Waals surface area contributed by atoms with Crippen molar-refractivity contribution in [3.63, 3.8) is 0 Å². The monoisotopic (exact) mass is 1040 g/mol. The summed E-state index contributed by atoms with van der Waals surface area (Å²) in [5.41, 5.74) is 4.31. The summed E-state index contributed by atoms with van der Waals surface area (Å²) in [7, 11) is -2.13. The van der Waals surface area contributed by atoms with Crippen LogP contribution in [0.4, 0.5) is 15.2 Å². The number of hydrogen-bond acceptors (Lipinski definition) is 13. The van der Waals surface area contributed by atoms with Crippen molar-refractivity contribution in [3.05, 3.63) is 99.7 Å². The average molecular weight is 1040 g/mol. The maximum atomic E-state index is 15.0. The number of ether oxygens (including phenoxy) is 2. The number of carbonyl (C=O) groups excluding carboxylic acids is 4. The molecule has 4 atom stereocenters. The Kier molecular flexibility index (Phi) is 16.9. The van der Waals surface area contributed by atoms with Crippen LogP contribution < -0.4 is 31.9 Å². The molecular formula is C52H64FN9O9S2. The molecule has 0 radical (unpaired) electrons. The van der Waals surface area contributed by atoms with E-state index >= 15 is 4.39 Å². The molecule has 5 heterocycles. The van der Waals surface area contributed by atoms with E-state index in [2.05, 4.69) is 31.2 Å². The van der Waals surface area contributed by atoms with Crippen LogP contribution in [0.25, 0.3) is 33.2 Å². The highest BCUT2D eigenvalue weighted by atomic mass is 32.2. The molecule has 0 bridgehead atoms. The Morgan fingerprint density at radius 3 is 2.47 bits per heavy atom. The Morgan fingerprint density at radius 2 is 1.70 bits per heavy atom. The Balaban J connectivity index is 0.844. The number of unbranched alkanes of at least 4 members (excludes halogenated alkanes) is 1. The zero-order valence-electron chi connectivity index (χ0n) is 41.8. The fourth-order valence-corrected chi connectivity index (χ4v) is 11.5. The number of aryl methyl sites for hydroxylation is 2. The van der Waals surface area contributed by atoms with Gasteiger partial charge in [0.25, 0.3) is 5.91 Å². The van der Waals surface area contributed by atoms with Gasteiger partial charge in [0.05, 0.1) is 45.3 Å². The van der Waals surface area contributed by atoms with Crippen LogP contribution >= 0.6 is 11.3 Å². The van der Waals surface area contributed by atoms with E-state index in [9.17, 15) is 32.4 Å². The Morgan fingerprint density at radius 1 is 0.959 bits per heavy atom. The topological polar surface area (TPSA) is 217 Å². The number of nitrogens with zero attached hydrogens (tertiary/aromatic N) is 5. The van der Waals surface area contributed by atoms with Gasteiger partial charge in [0.15, 0.2) is 5.13 Å². The molecule has 21 heteroatoms. The van der Waals surface area contributed by atoms with Crippen LogP contribution in [0.3, 0.4) is 0 Å². The third-order valence-corrected chi connectivity index (χ3v) is 16.1. The molecule has 2 saturated heterocycles. The molecule has 73 heavy (non-hydrogen) atoms. The van der Waals surface area contributed by atoms with E-state index in [4.69, 9.17) is 9.47 Å². The fourth-order valence-electron chi connectivity index (χ4n) is 9.66. The molecule has 4 amide bonds. The van der Waals surface area contributed by atoms with Crippen LogP contribution in [0.1, 0.15) is 94.6 Å². The standard InChI is InChI=1S/C52H64FN9O9S2/c1-32(2)73(68,69)61-30-40(39-15-6-7-17-43(39)61)48(64)55-41(49(65)58-51-56-42(31-72-51)36-25-37(53)27-38(26-36)60-28-33(3)71-34(4)29-60)16-8-9-21-54-22-12-24-70-23-11-14-35-13-10-18-44-47(35)59(5)52(67)62(44)45-19-20-46(63)57-50(45)66/h6-7,10,13,15,17-18,25-27,30-34,41,45,54H,8-9,11-12,14,16,19-24,28-29H2,1-5H3,(H,55,64)(H,56,58,65)(H,57,63,66)/t33-,34+,41-,45?/m0/s1. The van der Waals surface area contributed by atoms with Gasteiger partial charge in [-0.05, 0) is 122 Å². The van der Waals surface area contributed by atoms with Gasteiger partial charge in [0.2, 0.25) is 27.7 Å². The smallest absolute Gasteiger partial charge is 0.329 e. The van der Waals surface area contributed by atoms with Crippen LogP contribution in [0.5, 0.6) is 0 Å². The van der Waals surface area contributed by atoms with Gasteiger partial charge in [0, 0.05) is 68.0 Å². The minimum Gasteiger partial charge on any atom is -0.381 e. The molecule has 0 spiro atoms. The quantitative estimate of drug-likeness (QED) is 0.0437. The zero-order valence-corrected chi connectivity index (χ0v) is 43.5. The van der Waals surface area contributed by atoms with Crippen LogP contribution in [0, 0.1) is 5.82 Å². The molecule has 18 nitrogen and oxygen atoms in total. The molecule has 3 aromatic carbocycles. The van der Waals surface area contributed by atoms with E-state index in [1.165, 1.54) is 34.2 Å². The number of imidazole rings is 1. The lowest BCUT2D eigenvalue weighted by Crippen LogP contribution is -2.45. The summed E-state index contributed by atoms with van der Waals surface area (Å²) in [5, 5.41) is 13.2. The molecule has 4 N–H and O–H groups in total. The van der Waals surface area contributed by atoms with Crippen molar-refractivity contribution < 1.29 is 41.5 Å². The van der Waals surface area contributed by atoms with E-state index in [1.54, 1.807) is 55.1 Å². The third-order valence-electron chi connectivity index (χ3n) is 13.3. The number of fused-ring (bicyclic) bond motifs is 2. The molecule has 8 rings (SSSR count). The van der Waals surface area contributed by atoms with Crippen LogP contribution in [-0.2, 0) is 47.3 Å². The normalized spacial score (nSPS) is 17.9. The van der Waals surface area contributed by atoms with Gasteiger partial charge in [-0.2, -0.15) is 0 Å². The Labute approximate surface area is 427 Å². The number of thiazole rings is 1. The molecule has 1 unspecified atom stereocenters. The van der Waals surface area contributed by atoms with Crippen molar-refractivity contribution in [2.75, 3.05) is 49.6 Å². The summed E-state index contributed by atoms with van der Waals surface area (Å²) >= 11 is 1.18. The number of anilines is 2. The minimum atomic E-state index is -3.82. The number of piperidine rings is 1.